The van der Waals surface area contributed by atoms with E-state index in [1.807, 2.05) is 0 Å². The second-order valence-corrected chi connectivity index (χ2v) is 13.1. The minimum Gasteiger partial charge on any atom is -0.369 e. The molecule has 0 amide bonds. The maximum atomic E-state index is 15.9. The van der Waals surface area contributed by atoms with Gasteiger partial charge in [-0.25, -0.2) is 27.9 Å². The maximum absolute atomic E-state index is 15.9. The largest absolute Gasteiger partial charge is 0.472 e. The van der Waals surface area contributed by atoms with Crippen molar-refractivity contribution in [2.24, 2.45) is 0 Å². The second-order valence-electron chi connectivity index (χ2n) is 10.2. The van der Waals surface area contributed by atoms with E-state index in [4.69, 9.17) is 39.0 Å². The first-order chi connectivity index (χ1) is 21.7. The number of nitrogens with one attached hydrogen (secondary N) is 2. The molecule has 3 aliphatic rings. The molecule has 0 aromatic carbocycles. The van der Waals surface area contributed by atoms with E-state index in [1.54, 1.807) is 0 Å². The average molecular weight is 694 g/mol. The number of phosphoric ester groups is 2. The van der Waals surface area contributed by atoms with Gasteiger partial charge in [-0.15, -0.1) is 0 Å². The first-order valence-corrected chi connectivity index (χ1v) is 16.1. The molecule has 22 nitrogen and oxygen atoms in total. The molecule has 7 heterocycles. The van der Waals surface area contributed by atoms with Crippen LogP contribution in [-0.4, -0.2) is 98.8 Å². The molecule has 3 saturated heterocycles. The molecule has 248 valence electrons. The van der Waals surface area contributed by atoms with Crippen LogP contribution in [0.3, 0.4) is 0 Å². The minimum absolute atomic E-state index is 0.214. The summed E-state index contributed by atoms with van der Waals surface area (Å²) in [6.07, 6.45) is -13.4. The van der Waals surface area contributed by atoms with E-state index in [1.165, 1.54) is 0 Å². The van der Waals surface area contributed by atoms with Gasteiger partial charge in [-0.3, -0.25) is 46.8 Å². The third-order valence-electron chi connectivity index (χ3n) is 7.30. The molecular formula is C20H22F2N10O12P2. The molecule has 0 aliphatic carbocycles. The summed E-state index contributed by atoms with van der Waals surface area (Å²) in [5, 5.41) is 0. The van der Waals surface area contributed by atoms with E-state index in [0.717, 1.165) is 21.8 Å². The number of ether oxygens (including phenoxy) is 2. The van der Waals surface area contributed by atoms with Crippen LogP contribution in [0.4, 0.5) is 20.7 Å². The van der Waals surface area contributed by atoms with Gasteiger partial charge in [0, 0.05) is 0 Å². The van der Waals surface area contributed by atoms with E-state index >= 15 is 8.78 Å². The Labute approximate surface area is 251 Å². The lowest BCUT2D eigenvalue weighted by molar-refractivity contribution is -0.0662. The number of aromatic amines is 2. The number of imidazole rings is 2. The van der Waals surface area contributed by atoms with Gasteiger partial charge in [0.05, 0.1) is 25.9 Å². The second kappa shape index (κ2) is 10.9. The molecule has 3 fully saturated rings. The average Bonchev–Trinajstić information content (AvgIpc) is 3.72. The van der Waals surface area contributed by atoms with Gasteiger partial charge >= 0.3 is 15.6 Å². The number of nitrogens with two attached hydrogens (primary N) is 2. The Balaban J connectivity index is 1.18. The predicted octanol–water partition coefficient (Wildman–Crippen LogP) is -1.09. The Morgan fingerprint density at radius 3 is 1.57 bits per heavy atom. The van der Waals surface area contributed by atoms with Crippen molar-refractivity contribution in [1.82, 2.24) is 39.0 Å². The van der Waals surface area contributed by atoms with Gasteiger partial charge in [0.25, 0.3) is 11.1 Å². The van der Waals surface area contributed by atoms with Crippen molar-refractivity contribution in [3.63, 3.8) is 0 Å². The fraction of sp³-hybridized carbons (Fsp3) is 0.500. The number of halogens is 2. The molecular weight excluding hydrogens is 672 g/mol. The summed E-state index contributed by atoms with van der Waals surface area (Å²) < 4.78 is 91.0. The fourth-order valence-electron chi connectivity index (χ4n) is 5.32. The van der Waals surface area contributed by atoms with Crippen molar-refractivity contribution in [3.8, 4) is 0 Å². The molecule has 0 saturated carbocycles. The summed E-state index contributed by atoms with van der Waals surface area (Å²) in [5.74, 6) is -0.663. The molecule has 3 aliphatic heterocycles. The maximum Gasteiger partial charge on any atom is 0.472 e. The summed E-state index contributed by atoms with van der Waals surface area (Å²) in [6.45, 7) is -1.98. The number of hydrogen-bond acceptors (Lipinski definition) is 16. The highest BCUT2D eigenvalue weighted by molar-refractivity contribution is 7.47. The highest BCUT2D eigenvalue weighted by Gasteiger charge is 2.55. The summed E-state index contributed by atoms with van der Waals surface area (Å²) in [6, 6.07) is 0. The van der Waals surface area contributed by atoms with E-state index in [2.05, 4.69) is 29.9 Å². The third-order valence-corrected chi connectivity index (χ3v) is 9.27. The number of nitrogens with zero attached hydrogens (tertiary/aromatic N) is 6. The van der Waals surface area contributed by atoms with Crippen molar-refractivity contribution in [2.45, 2.75) is 49.2 Å². The Kier molecular flexibility index (Phi) is 7.36. The summed E-state index contributed by atoms with van der Waals surface area (Å²) >= 11 is 0. The van der Waals surface area contributed by atoms with Crippen molar-refractivity contribution >= 4 is 49.9 Å². The first kappa shape index (κ1) is 30.9. The van der Waals surface area contributed by atoms with Crippen molar-refractivity contribution in [3.05, 3.63) is 33.4 Å². The van der Waals surface area contributed by atoms with Crippen LogP contribution in [0.5, 0.6) is 0 Å². The summed E-state index contributed by atoms with van der Waals surface area (Å²) in [5.41, 5.74) is 8.77. The molecule has 0 bridgehead atoms. The van der Waals surface area contributed by atoms with Gasteiger partial charge in [0.2, 0.25) is 11.9 Å². The molecule has 46 heavy (non-hydrogen) atoms. The van der Waals surface area contributed by atoms with Crippen LogP contribution in [0, 0.1) is 0 Å². The number of alkyl halides is 2. The number of aromatic nitrogens is 8. The Hall–Kier alpha value is -3.70. The van der Waals surface area contributed by atoms with Crippen LogP contribution in [0.1, 0.15) is 12.5 Å². The molecule has 0 radical (unpaired) electrons. The normalized spacial score (nSPS) is 37.1. The SMILES string of the molecule is Nc1nc2c(ncn2[C@@H]2O[C@@H]3COP(=O)(O)O[C@H]4[C@@H](F)[C@@H](n5cnc6c(=O)[nH]c(N)nc65)O[C@H]4COP(=O)(O)O[C@H]3[C@H]2F)c(=O)[nH]1. The monoisotopic (exact) mass is 694 g/mol. The molecule has 26 heteroatoms. The van der Waals surface area contributed by atoms with E-state index in [-0.39, 0.29) is 34.2 Å². The van der Waals surface area contributed by atoms with Crippen molar-refractivity contribution < 1.29 is 55.3 Å². The molecule has 4 aromatic rings. The topological polar surface area (TPSA) is 309 Å². The molecule has 2 unspecified atom stereocenters. The van der Waals surface area contributed by atoms with Crippen LogP contribution in [-0.2, 0) is 36.7 Å². The Morgan fingerprint density at radius 1 is 0.783 bits per heavy atom. The zero-order valence-electron chi connectivity index (χ0n) is 22.7. The van der Waals surface area contributed by atoms with E-state index in [0.29, 0.717) is 0 Å². The summed E-state index contributed by atoms with van der Waals surface area (Å²) in [7, 11) is -10.4. The van der Waals surface area contributed by atoms with Crippen molar-refractivity contribution in [1.29, 1.82) is 0 Å². The van der Waals surface area contributed by atoms with Crippen LogP contribution < -0.4 is 22.6 Å². The van der Waals surface area contributed by atoms with Gasteiger partial charge in [-0.05, 0) is 0 Å². The van der Waals surface area contributed by atoms with E-state index < -0.39 is 89.2 Å². The Bertz CT molecular complexity index is 1910. The number of rotatable bonds is 2. The van der Waals surface area contributed by atoms with Crippen LogP contribution >= 0.6 is 15.6 Å². The van der Waals surface area contributed by atoms with Crippen LogP contribution in [0.2, 0.25) is 0 Å². The van der Waals surface area contributed by atoms with Gasteiger partial charge in [-0.2, -0.15) is 9.97 Å². The smallest absolute Gasteiger partial charge is 0.369 e. The number of phosphoric acid groups is 2. The lowest BCUT2D eigenvalue weighted by Crippen LogP contribution is -2.37. The first-order valence-electron chi connectivity index (χ1n) is 13.1. The van der Waals surface area contributed by atoms with E-state index in [9.17, 15) is 28.5 Å². The lowest BCUT2D eigenvalue weighted by atomic mass is 10.1. The number of fused-ring (bicyclic) bond motifs is 4. The number of hydrogen-bond donors (Lipinski definition) is 6. The number of anilines is 2. The molecule has 4 aromatic heterocycles. The number of H-pyrrole nitrogens is 2. The standard InChI is InChI=1S/C20H22F2N10O12P2/c21-7-11-5(41-17(7)31-3-25-9-13(31)27-19(23)29-15(9)33)1-39-45(35,36)44-12-6(2-40-46(37,38)43-11)42-18(8(12)22)32-4-26-10-14(32)28-20(24)30-16(10)34/h3-8,11-12,17-18H,1-2H2,(H,35,36)(H,37,38)(H3,23,27,29,33)(H3,24,28,30,34)/t5-,6+,7-,8-,11-,12-,17-,18+/m1/s1. The molecule has 8 N–H and O–H groups in total. The Morgan fingerprint density at radius 2 is 1.17 bits per heavy atom. The highest BCUT2D eigenvalue weighted by Crippen LogP contribution is 2.54. The minimum atomic E-state index is -5.22. The fourth-order valence-corrected chi connectivity index (χ4v) is 7.23. The van der Waals surface area contributed by atoms with Crippen molar-refractivity contribution in [2.75, 3.05) is 24.7 Å². The van der Waals surface area contributed by atoms with Crippen LogP contribution in [0.25, 0.3) is 22.3 Å². The van der Waals surface area contributed by atoms with Gasteiger partial charge in [0.15, 0.2) is 47.1 Å². The lowest BCUT2D eigenvalue weighted by Gasteiger charge is -2.27. The van der Waals surface area contributed by atoms with Crippen LogP contribution in [0.15, 0.2) is 22.2 Å². The third kappa shape index (κ3) is 5.31. The van der Waals surface area contributed by atoms with Gasteiger partial charge in [-0.1, -0.05) is 0 Å². The zero-order chi connectivity index (χ0) is 32.7. The molecule has 0 spiro atoms. The molecule has 7 rings (SSSR count). The van der Waals surface area contributed by atoms with Gasteiger partial charge < -0.3 is 30.7 Å². The predicted molar refractivity (Wildman–Crippen MR) is 144 cm³/mol. The number of nitrogen functional groups attached to an aromatic ring is 2. The zero-order valence-corrected chi connectivity index (χ0v) is 24.4. The highest BCUT2D eigenvalue weighted by atomic mass is 31.2. The van der Waals surface area contributed by atoms with Gasteiger partial charge in [0.1, 0.15) is 24.4 Å². The summed E-state index contributed by atoms with van der Waals surface area (Å²) in [4.78, 5) is 65.3. The molecule has 10 atom stereocenters. The quantitative estimate of drug-likeness (QED) is 0.136.